The number of amidine groups is 1. The Morgan fingerprint density at radius 1 is 1.21 bits per heavy atom. The predicted octanol–water partition coefficient (Wildman–Crippen LogP) is 4.42. The Bertz CT molecular complexity index is 1140. The minimum Gasteiger partial charge on any atom is -0.461 e. The number of carbonyl (C=O) groups is 1. The van der Waals surface area contributed by atoms with E-state index in [-0.39, 0.29) is 11.4 Å². The van der Waals surface area contributed by atoms with Gasteiger partial charge in [-0.3, -0.25) is 9.78 Å². The second-order valence-corrected chi connectivity index (χ2v) is 8.11. The third-order valence-corrected chi connectivity index (χ3v) is 5.88. The van der Waals surface area contributed by atoms with Gasteiger partial charge in [-0.05, 0) is 30.3 Å². The molecule has 3 unspecified atom stereocenters. The van der Waals surface area contributed by atoms with E-state index in [1.54, 1.807) is 0 Å². The van der Waals surface area contributed by atoms with Crippen LogP contribution in [0.5, 0.6) is 0 Å². The zero-order chi connectivity index (χ0) is 24.9. The lowest BCUT2D eigenvalue weighted by atomic mass is 9.76. The average Bonchev–Trinajstić information content (AvgIpc) is 3.08. The van der Waals surface area contributed by atoms with Crippen molar-refractivity contribution in [3.63, 3.8) is 0 Å². The van der Waals surface area contributed by atoms with E-state index >= 15 is 0 Å². The molecule has 0 saturated heterocycles. The Hall–Kier alpha value is -3.38. The summed E-state index contributed by atoms with van der Waals surface area (Å²) < 4.78 is 101. The number of ether oxygens (including phenoxy) is 1. The molecule has 1 aliphatic heterocycles. The first kappa shape index (κ1) is 23.8. The number of benzene rings is 1. The highest BCUT2D eigenvalue weighted by molar-refractivity contribution is 6.02. The molecule has 1 aromatic heterocycles. The van der Waals surface area contributed by atoms with Gasteiger partial charge in [0.1, 0.15) is 29.8 Å². The molecule has 2 aliphatic rings. The van der Waals surface area contributed by atoms with Crippen LogP contribution in [0.25, 0.3) is 0 Å². The van der Waals surface area contributed by atoms with E-state index < -0.39 is 78.0 Å². The van der Waals surface area contributed by atoms with Gasteiger partial charge < -0.3 is 15.8 Å². The quantitative estimate of drug-likeness (QED) is 0.622. The average molecular weight is 490 g/mol. The van der Waals surface area contributed by atoms with Crippen LogP contribution in [0.1, 0.15) is 34.5 Å². The van der Waals surface area contributed by atoms with E-state index in [0.29, 0.717) is 12.3 Å². The van der Waals surface area contributed by atoms with Crippen molar-refractivity contribution < 1.29 is 40.3 Å². The van der Waals surface area contributed by atoms with Crippen molar-refractivity contribution in [3.8, 4) is 0 Å². The molecular formula is C21H17F7N4O2. The molecule has 3 atom stereocenters. The van der Waals surface area contributed by atoms with Crippen LogP contribution in [0.2, 0.25) is 0 Å². The molecule has 0 radical (unpaired) electrons. The van der Waals surface area contributed by atoms with E-state index in [9.17, 15) is 35.5 Å². The lowest BCUT2D eigenvalue weighted by Gasteiger charge is -2.40. The summed E-state index contributed by atoms with van der Waals surface area (Å²) in [5, 5.41) is 2.32. The second kappa shape index (κ2) is 8.13. The van der Waals surface area contributed by atoms with Crippen LogP contribution in [0, 0.1) is 11.7 Å². The summed E-state index contributed by atoms with van der Waals surface area (Å²) >= 11 is 0. The number of alkyl halides is 6. The van der Waals surface area contributed by atoms with Gasteiger partial charge in [-0.15, -0.1) is 0 Å². The number of nitrogens with zero attached hydrogens (tertiary/aromatic N) is 2. The highest BCUT2D eigenvalue weighted by Gasteiger charge is 2.60. The van der Waals surface area contributed by atoms with E-state index in [1.165, 1.54) is 0 Å². The van der Waals surface area contributed by atoms with Gasteiger partial charge in [0.25, 0.3) is 17.9 Å². The number of rotatable bonds is 4. The molecule has 1 aliphatic carbocycles. The summed E-state index contributed by atoms with van der Waals surface area (Å²) in [5.74, 6) is -6.35. The monoisotopic (exact) mass is 490 g/mol. The maximum absolute atomic E-state index is 14.8. The number of nitrogens with one attached hydrogen (secondary N) is 1. The van der Waals surface area contributed by atoms with Gasteiger partial charge in [0, 0.05) is 36.2 Å². The number of aromatic nitrogens is 1. The first-order valence-corrected chi connectivity index (χ1v) is 9.95. The van der Waals surface area contributed by atoms with Gasteiger partial charge in [0.15, 0.2) is 0 Å². The Morgan fingerprint density at radius 2 is 1.94 bits per heavy atom. The molecule has 1 amide bonds. The molecule has 182 valence electrons. The lowest BCUT2D eigenvalue weighted by Crippen LogP contribution is -2.48. The number of aliphatic imine (C=N–C) groups is 1. The third kappa shape index (κ3) is 4.26. The first-order valence-electron chi connectivity index (χ1n) is 9.95. The molecule has 1 saturated carbocycles. The maximum Gasteiger partial charge on any atom is 0.417 e. The fourth-order valence-electron chi connectivity index (χ4n) is 4.32. The Kier molecular flexibility index (Phi) is 5.68. The number of pyridine rings is 1. The minimum atomic E-state index is -4.64. The molecule has 1 fully saturated rings. The van der Waals surface area contributed by atoms with Crippen LogP contribution in [0.15, 0.2) is 41.5 Å². The van der Waals surface area contributed by atoms with E-state index in [2.05, 4.69) is 15.3 Å². The SMILES string of the molecule is NC1=NC(CF)(c2cc(NC(=O)c3ccc(C(F)(F)F)cn3)ccc2F)C2CC(F)(F)CC2O1. The highest BCUT2D eigenvalue weighted by atomic mass is 19.4. The zero-order valence-corrected chi connectivity index (χ0v) is 17.2. The molecule has 34 heavy (non-hydrogen) atoms. The fraction of sp³-hybridized carbons (Fsp3) is 0.381. The summed E-state index contributed by atoms with van der Waals surface area (Å²) in [4.78, 5) is 19.8. The molecule has 1 aromatic carbocycles. The Labute approximate surface area is 188 Å². The smallest absolute Gasteiger partial charge is 0.417 e. The van der Waals surface area contributed by atoms with E-state index in [4.69, 9.17) is 10.5 Å². The van der Waals surface area contributed by atoms with Crippen molar-refractivity contribution in [1.29, 1.82) is 0 Å². The summed E-state index contributed by atoms with van der Waals surface area (Å²) in [5.41, 5.74) is 1.53. The van der Waals surface area contributed by atoms with Gasteiger partial charge in [-0.2, -0.15) is 13.2 Å². The summed E-state index contributed by atoms with van der Waals surface area (Å²) in [6.07, 6.45) is -6.92. The molecule has 2 aromatic rings. The highest BCUT2D eigenvalue weighted by Crippen LogP contribution is 2.53. The molecule has 0 bridgehead atoms. The predicted molar refractivity (Wildman–Crippen MR) is 105 cm³/mol. The van der Waals surface area contributed by atoms with Gasteiger partial charge in [0.2, 0.25) is 0 Å². The largest absolute Gasteiger partial charge is 0.461 e. The summed E-state index contributed by atoms with van der Waals surface area (Å²) in [6.45, 7) is -1.37. The zero-order valence-electron chi connectivity index (χ0n) is 17.2. The number of nitrogens with two attached hydrogens (primary N) is 1. The minimum absolute atomic E-state index is 0.0857. The molecule has 4 rings (SSSR count). The van der Waals surface area contributed by atoms with Crippen LogP contribution in [0.4, 0.5) is 36.4 Å². The molecule has 13 heteroatoms. The van der Waals surface area contributed by atoms with Gasteiger partial charge in [-0.1, -0.05) is 0 Å². The number of fused-ring (bicyclic) bond motifs is 1. The van der Waals surface area contributed by atoms with Gasteiger partial charge in [-0.25, -0.2) is 22.6 Å². The van der Waals surface area contributed by atoms with Crippen molar-refractivity contribution in [2.24, 2.45) is 16.6 Å². The molecule has 6 nitrogen and oxygen atoms in total. The normalized spacial score (nSPS) is 25.8. The van der Waals surface area contributed by atoms with Crippen LogP contribution in [0.3, 0.4) is 0 Å². The van der Waals surface area contributed by atoms with Gasteiger partial charge >= 0.3 is 6.18 Å². The number of carbonyl (C=O) groups excluding carboxylic acids is 1. The van der Waals surface area contributed by atoms with Crippen molar-refractivity contribution in [1.82, 2.24) is 4.98 Å². The fourth-order valence-corrected chi connectivity index (χ4v) is 4.32. The molecule has 3 N–H and O–H groups in total. The number of amides is 1. The van der Waals surface area contributed by atoms with Crippen molar-refractivity contribution in [2.75, 3.05) is 12.0 Å². The lowest BCUT2D eigenvalue weighted by molar-refractivity contribution is -0.137. The van der Waals surface area contributed by atoms with Crippen molar-refractivity contribution >= 4 is 17.6 Å². The Morgan fingerprint density at radius 3 is 2.56 bits per heavy atom. The number of hydrogen-bond donors (Lipinski definition) is 2. The van der Waals surface area contributed by atoms with E-state index in [0.717, 1.165) is 24.3 Å². The third-order valence-electron chi connectivity index (χ3n) is 5.88. The molecule has 0 spiro atoms. The summed E-state index contributed by atoms with van der Waals surface area (Å²) in [6, 6.07) is 3.95. The number of anilines is 1. The topological polar surface area (TPSA) is 89.6 Å². The number of hydrogen-bond acceptors (Lipinski definition) is 5. The van der Waals surface area contributed by atoms with Crippen LogP contribution in [-0.2, 0) is 16.5 Å². The standard InChI is InChI=1S/C21H17F7N4O2/c22-9-20(13-6-19(24,25)7-16(13)34-18(29)32-20)12-5-11(2-3-14(12)23)31-17(33)15-4-1-10(8-30-15)21(26,27)28/h1-5,8,13,16H,6-7,9H2,(H2,29,32)(H,31,33). The summed E-state index contributed by atoms with van der Waals surface area (Å²) in [7, 11) is 0. The molecule has 2 heterocycles. The Balaban J connectivity index is 1.66. The van der Waals surface area contributed by atoms with Crippen molar-refractivity contribution in [2.45, 2.75) is 36.6 Å². The van der Waals surface area contributed by atoms with Crippen molar-refractivity contribution in [3.05, 3.63) is 59.2 Å². The number of halogens is 7. The maximum atomic E-state index is 14.8. The van der Waals surface area contributed by atoms with Crippen LogP contribution < -0.4 is 11.1 Å². The first-order chi connectivity index (χ1) is 15.8. The second-order valence-electron chi connectivity index (χ2n) is 8.11. The molecular weight excluding hydrogens is 473 g/mol. The van der Waals surface area contributed by atoms with Gasteiger partial charge in [0.05, 0.1) is 5.56 Å². The van der Waals surface area contributed by atoms with Crippen LogP contribution >= 0.6 is 0 Å². The van der Waals surface area contributed by atoms with E-state index in [1.807, 2.05) is 0 Å². The van der Waals surface area contributed by atoms with Crippen LogP contribution in [-0.4, -0.2) is 35.6 Å².